The molecule has 0 aliphatic carbocycles. The molecule has 1 N–H and O–H groups in total. The van der Waals surface area contributed by atoms with Crippen molar-refractivity contribution in [1.29, 1.82) is 0 Å². The number of nitrogens with one attached hydrogen (secondary N) is 1. The normalized spacial score (nSPS) is 10.5. The van der Waals surface area contributed by atoms with E-state index >= 15 is 0 Å². The maximum atomic E-state index is 12.1. The highest BCUT2D eigenvalue weighted by atomic mass is 16.5. The second kappa shape index (κ2) is 9.27. The number of carbonyl (C=O) groups excluding carboxylic acids is 2. The first kappa shape index (κ1) is 18.3. The van der Waals surface area contributed by atoms with Crippen LogP contribution in [0.4, 0.5) is 5.69 Å². The zero-order valence-electron chi connectivity index (χ0n) is 14.3. The number of benzene rings is 2. The van der Waals surface area contributed by atoms with Crippen molar-refractivity contribution >= 4 is 23.6 Å². The summed E-state index contributed by atoms with van der Waals surface area (Å²) in [6.45, 7) is 2.11. The van der Waals surface area contributed by atoms with Crippen LogP contribution >= 0.6 is 0 Å². The fraction of sp³-hybridized carbons (Fsp3) is 0.200. The van der Waals surface area contributed by atoms with Crippen molar-refractivity contribution in [2.24, 2.45) is 0 Å². The number of anilines is 1. The van der Waals surface area contributed by atoms with E-state index in [-0.39, 0.29) is 18.3 Å². The molecule has 0 aliphatic rings. The van der Waals surface area contributed by atoms with Gasteiger partial charge in [-0.15, -0.1) is 0 Å². The molecule has 2 aromatic carbocycles. The summed E-state index contributed by atoms with van der Waals surface area (Å²) in [4.78, 5) is 23.4. The fourth-order valence-electron chi connectivity index (χ4n) is 2.17. The molecule has 0 saturated heterocycles. The van der Waals surface area contributed by atoms with Gasteiger partial charge < -0.3 is 14.8 Å². The largest absolute Gasteiger partial charge is 0.497 e. The lowest BCUT2D eigenvalue weighted by Crippen LogP contribution is -2.14. The van der Waals surface area contributed by atoms with Crippen LogP contribution in [0.15, 0.2) is 54.6 Å². The third-order valence-electron chi connectivity index (χ3n) is 3.42. The SMILES string of the molecule is CCOC(=O)/C=C/c1ccc(NC(=O)Cc2ccc(OC)cc2)cc1. The van der Waals surface area contributed by atoms with Gasteiger partial charge in [0.25, 0.3) is 0 Å². The molecule has 130 valence electrons. The van der Waals surface area contributed by atoms with Gasteiger partial charge in [0.05, 0.1) is 20.1 Å². The predicted molar refractivity (Wildman–Crippen MR) is 97.4 cm³/mol. The van der Waals surface area contributed by atoms with Crippen molar-refractivity contribution in [2.45, 2.75) is 13.3 Å². The third-order valence-corrected chi connectivity index (χ3v) is 3.42. The number of esters is 1. The minimum absolute atomic E-state index is 0.0972. The van der Waals surface area contributed by atoms with Crippen molar-refractivity contribution in [3.63, 3.8) is 0 Å². The molecule has 0 fully saturated rings. The van der Waals surface area contributed by atoms with Gasteiger partial charge in [-0.05, 0) is 48.4 Å². The summed E-state index contributed by atoms with van der Waals surface area (Å²) in [5.74, 6) is 0.287. The van der Waals surface area contributed by atoms with Gasteiger partial charge in [0, 0.05) is 11.8 Å². The van der Waals surface area contributed by atoms with E-state index in [0.29, 0.717) is 12.3 Å². The molecule has 1 amide bonds. The molecule has 25 heavy (non-hydrogen) atoms. The summed E-state index contributed by atoms with van der Waals surface area (Å²) in [6, 6.07) is 14.6. The molecule has 0 atom stereocenters. The average molecular weight is 339 g/mol. The van der Waals surface area contributed by atoms with Crippen LogP contribution in [0.3, 0.4) is 0 Å². The van der Waals surface area contributed by atoms with Crippen LogP contribution in [-0.2, 0) is 20.7 Å². The molecular weight excluding hydrogens is 318 g/mol. The van der Waals surface area contributed by atoms with Crippen molar-refractivity contribution in [2.75, 3.05) is 19.0 Å². The van der Waals surface area contributed by atoms with Crippen LogP contribution in [0.25, 0.3) is 6.08 Å². The summed E-state index contributed by atoms with van der Waals surface area (Å²) in [5.41, 5.74) is 2.46. The Morgan fingerprint density at radius 1 is 1.04 bits per heavy atom. The van der Waals surface area contributed by atoms with Gasteiger partial charge in [0.15, 0.2) is 0 Å². The van der Waals surface area contributed by atoms with Gasteiger partial charge in [0.1, 0.15) is 5.75 Å². The van der Waals surface area contributed by atoms with E-state index in [1.54, 1.807) is 32.2 Å². The molecule has 0 saturated carbocycles. The van der Waals surface area contributed by atoms with Crippen molar-refractivity contribution in [1.82, 2.24) is 0 Å². The van der Waals surface area contributed by atoms with Gasteiger partial charge in [-0.3, -0.25) is 4.79 Å². The van der Waals surface area contributed by atoms with E-state index in [4.69, 9.17) is 9.47 Å². The Morgan fingerprint density at radius 2 is 1.72 bits per heavy atom. The van der Waals surface area contributed by atoms with Crippen molar-refractivity contribution in [3.05, 3.63) is 65.7 Å². The van der Waals surface area contributed by atoms with E-state index in [1.807, 2.05) is 36.4 Å². The first-order valence-electron chi connectivity index (χ1n) is 7.98. The smallest absolute Gasteiger partial charge is 0.330 e. The van der Waals surface area contributed by atoms with E-state index in [2.05, 4.69) is 5.32 Å². The van der Waals surface area contributed by atoms with E-state index in [0.717, 1.165) is 16.9 Å². The Morgan fingerprint density at radius 3 is 2.32 bits per heavy atom. The molecule has 5 nitrogen and oxygen atoms in total. The Labute approximate surface area is 147 Å². The highest BCUT2D eigenvalue weighted by Crippen LogP contribution is 2.14. The molecule has 5 heteroatoms. The maximum absolute atomic E-state index is 12.1. The number of hydrogen-bond donors (Lipinski definition) is 1. The monoisotopic (exact) mass is 339 g/mol. The molecule has 0 aromatic heterocycles. The Balaban J connectivity index is 1.89. The predicted octanol–water partition coefficient (Wildman–Crippen LogP) is 3.45. The molecule has 0 bridgehead atoms. The van der Waals surface area contributed by atoms with Crippen LogP contribution < -0.4 is 10.1 Å². The average Bonchev–Trinajstić information content (AvgIpc) is 2.62. The number of hydrogen-bond acceptors (Lipinski definition) is 4. The standard InChI is InChI=1S/C20H21NO4/c1-3-25-20(23)13-8-15-4-9-17(10-5-15)21-19(22)14-16-6-11-18(24-2)12-7-16/h4-13H,3,14H2,1-2H3,(H,21,22)/b13-8+. The number of methoxy groups -OCH3 is 1. The summed E-state index contributed by atoms with van der Waals surface area (Å²) in [7, 11) is 1.60. The minimum atomic E-state index is -0.376. The number of carbonyl (C=O) groups is 2. The first-order chi connectivity index (χ1) is 12.1. The van der Waals surface area contributed by atoms with E-state index in [9.17, 15) is 9.59 Å². The first-order valence-corrected chi connectivity index (χ1v) is 7.98. The Kier molecular flexibility index (Phi) is 6.77. The van der Waals surface area contributed by atoms with Crippen molar-refractivity contribution in [3.8, 4) is 5.75 Å². The molecule has 0 unspecified atom stereocenters. The van der Waals surface area contributed by atoms with Gasteiger partial charge in [-0.1, -0.05) is 24.3 Å². The van der Waals surface area contributed by atoms with Gasteiger partial charge >= 0.3 is 5.97 Å². The Hall–Kier alpha value is -3.08. The molecule has 2 rings (SSSR count). The van der Waals surface area contributed by atoms with Crippen LogP contribution in [0.2, 0.25) is 0 Å². The summed E-state index contributed by atoms with van der Waals surface area (Å²) < 4.78 is 9.91. The van der Waals surface area contributed by atoms with Gasteiger partial charge in [0.2, 0.25) is 5.91 Å². The molecule has 0 aliphatic heterocycles. The Bertz CT molecular complexity index is 733. The van der Waals surface area contributed by atoms with Crippen LogP contribution in [0.5, 0.6) is 5.75 Å². The lowest BCUT2D eigenvalue weighted by Gasteiger charge is -2.06. The minimum Gasteiger partial charge on any atom is -0.497 e. The molecular formula is C20H21NO4. The van der Waals surface area contributed by atoms with Crippen LogP contribution in [-0.4, -0.2) is 25.6 Å². The third kappa shape index (κ3) is 6.14. The van der Waals surface area contributed by atoms with E-state index in [1.165, 1.54) is 6.08 Å². The topological polar surface area (TPSA) is 64.6 Å². The quantitative estimate of drug-likeness (QED) is 0.620. The highest BCUT2D eigenvalue weighted by molar-refractivity contribution is 5.92. The lowest BCUT2D eigenvalue weighted by molar-refractivity contribution is -0.137. The molecule has 0 radical (unpaired) electrons. The maximum Gasteiger partial charge on any atom is 0.330 e. The summed E-state index contributed by atoms with van der Waals surface area (Å²) in [5, 5.41) is 2.85. The second-order valence-corrected chi connectivity index (χ2v) is 5.28. The summed E-state index contributed by atoms with van der Waals surface area (Å²) >= 11 is 0. The van der Waals surface area contributed by atoms with Gasteiger partial charge in [-0.2, -0.15) is 0 Å². The summed E-state index contributed by atoms with van der Waals surface area (Å²) in [6.07, 6.45) is 3.33. The lowest BCUT2D eigenvalue weighted by atomic mass is 10.1. The zero-order valence-corrected chi connectivity index (χ0v) is 14.3. The molecule has 2 aromatic rings. The number of ether oxygens (including phenoxy) is 2. The molecule has 0 spiro atoms. The molecule has 0 heterocycles. The number of rotatable bonds is 7. The van der Waals surface area contributed by atoms with Crippen LogP contribution in [0, 0.1) is 0 Å². The van der Waals surface area contributed by atoms with Crippen molar-refractivity contribution < 1.29 is 19.1 Å². The van der Waals surface area contributed by atoms with E-state index < -0.39 is 0 Å². The van der Waals surface area contributed by atoms with Crippen LogP contribution in [0.1, 0.15) is 18.1 Å². The van der Waals surface area contributed by atoms with Gasteiger partial charge in [-0.25, -0.2) is 4.79 Å². The highest BCUT2D eigenvalue weighted by Gasteiger charge is 2.04. The fourth-order valence-corrected chi connectivity index (χ4v) is 2.17. The zero-order chi connectivity index (χ0) is 18.1. The second-order valence-electron chi connectivity index (χ2n) is 5.28. The number of amides is 1.